The molecule has 2 heterocycles. The smallest absolute Gasteiger partial charge is 0.396 e. The van der Waals surface area contributed by atoms with Gasteiger partial charge in [-0.05, 0) is 61.4 Å². The number of aliphatic hydroxyl groups excluding tert-OH is 1. The van der Waals surface area contributed by atoms with Crippen molar-refractivity contribution in [3.8, 4) is 5.69 Å². The fourth-order valence-corrected chi connectivity index (χ4v) is 5.42. The Labute approximate surface area is 244 Å². The number of carbonyl (C=O) groups excluding carboxylic acids is 2. The van der Waals surface area contributed by atoms with Crippen molar-refractivity contribution in [2.75, 3.05) is 18.1 Å². The molecule has 3 aromatic carbocycles. The number of nitrogens with two attached hydrogens (primary N) is 1. The Kier molecular flexibility index (Phi) is 8.34. The first-order chi connectivity index (χ1) is 20.5. The van der Waals surface area contributed by atoms with Gasteiger partial charge in [0.2, 0.25) is 0 Å². The third kappa shape index (κ3) is 5.75. The van der Waals surface area contributed by atoms with Crippen LogP contribution in [-0.2, 0) is 11.0 Å². The lowest BCUT2D eigenvalue weighted by molar-refractivity contribution is -0.137. The van der Waals surface area contributed by atoms with E-state index in [-0.39, 0.29) is 25.1 Å². The molecule has 2 unspecified atom stereocenters. The number of halogens is 4. The van der Waals surface area contributed by atoms with Crippen LogP contribution in [0.2, 0.25) is 0 Å². The maximum atomic E-state index is 14.2. The molecule has 4 aromatic rings. The Balaban J connectivity index is 1.72. The van der Waals surface area contributed by atoms with E-state index in [0.717, 1.165) is 12.1 Å². The minimum absolute atomic E-state index is 0.135. The highest BCUT2D eigenvalue weighted by molar-refractivity contribution is 6.05. The third-order valence-electron chi connectivity index (χ3n) is 7.43. The fraction of sp³-hybridized carbons (Fsp3) is 0.258. The average molecular weight is 596 g/mol. The lowest BCUT2D eigenvalue weighted by atomic mass is 9.79. The van der Waals surface area contributed by atoms with Gasteiger partial charge < -0.3 is 16.2 Å². The molecule has 5 rings (SSSR count). The largest absolute Gasteiger partial charge is 0.416 e. The zero-order chi connectivity index (χ0) is 30.9. The summed E-state index contributed by atoms with van der Waals surface area (Å²) in [5, 5.41) is 17.2. The molecule has 1 aromatic heterocycles. The number of aliphatic hydroxyl groups is 1. The van der Waals surface area contributed by atoms with Crippen LogP contribution in [0.25, 0.3) is 5.69 Å². The predicted octanol–water partition coefficient (Wildman–Crippen LogP) is 4.71. The van der Waals surface area contributed by atoms with Gasteiger partial charge in [-0.15, -0.1) is 0 Å². The summed E-state index contributed by atoms with van der Waals surface area (Å²) < 4.78 is 55.8. The third-order valence-corrected chi connectivity index (χ3v) is 7.43. The Hall–Kier alpha value is -4.55. The highest BCUT2D eigenvalue weighted by atomic mass is 19.4. The molecule has 0 saturated carbocycles. The minimum atomic E-state index is -4.68. The van der Waals surface area contributed by atoms with Gasteiger partial charge in [0.25, 0.3) is 11.8 Å². The molecule has 224 valence electrons. The predicted molar refractivity (Wildman–Crippen MR) is 151 cm³/mol. The molecule has 1 aliphatic heterocycles. The van der Waals surface area contributed by atoms with Gasteiger partial charge in [-0.25, -0.2) is 9.07 Å². The van der Waals surface area contributed by atoms with Crippen molar-refractivity contribution in [3.63, 3.8) is 0 Å². The van der Waals surface area contributed by atoms with Crippen molar-refractivity contribution >= 4 is 17.6 Å². The highest BCUT2D eigenvalue weighted by Gasteiger charge is 2.47. The van der Waals surface area contributed by atoms with Crippen molar-refractivity contribution in [1.82, 2.24) is 15.1 Å². The van der Waals surface area contributed by atoms with Gasteiger partial charge in [-0.2, -0.15) is 18.3 Å². The van der Waals surface area contributed by atoms with Crippen LogP contribution in [0.1, 0.15) is 58.0 Å². The van der Waals surface area contributed by atoms with E-state index in [1.54, 1.807) is 35.9 Å². The van der Waals surface area contributed by atoms with Gasteiger partial charge in [0.05, 0.1) is 23.0 Å². The SMILES string of the molecule is CCN1C(=O)C(NC(=O)c2cccc(C(F)(F)F)c2)C(c2ccc(F)cc2)c2c([C@H](N)CCO)nn(-c3ccccc3)c21. The molecule has 12 heteroatoms. The maximum absolute atomic E-state index is 14.2. The Morgan fingerprint density at radius 1 is 1.07 bits per heavy atom. The fourth-order valence-electron chi connectivity index (χ4n) is 5.42. The molecule has 0 saturated heterocycles. The van der Waals surface area contributed by atoms with E-state index in [9.17, 15) is 32.3 Å². The molecule has 4 N–H and O–H groups in total. The summed E-state index contributed by atoms with van der Waals surface area (Å²) in [6.07, 6.45) is -4.54. The van der Waals surface area contributed by atoms with E-state index < -0.39 is 47.4 Å². The quantitative estimate of drug-likeness (QED) is 0.256. The second-order valence-corrected chi connectivity index (χ2v) is 10.1. The van der Waals surface area contributed by atoms with Crippen LogP contribution in [0.15, 0.2) is 78.9 Å². The number of rotatable bonds is 8. The van der Waals surface area contributed by atoms with Crippen LogP contribution >= 0.6 is 0 Å². The zero-order valence-electron chi connectivity index (χ0n) is 23.1. The first kappa shape index (κ1) is 29.9. The number of para-hydroxylation sites is 1. The van der Waals surface area contributed by atoms with Crippen molar-refractivity contribution in [1.29, 1.82) is 0 Å². The van der Waals surface area contributed by atoms with Crippen LogP contribution in [0.4, 0.5) is 23.4 Å². The minimum Gasteiger partial charge on any atom is -0.396 e. The monoisotopic (exact) mass is 595 g/mol. The Morgan fingerprint density at radius 3 is 2.40 bits per heavy atom. The van der Waals surface area contributed by atoms with Crippen molar-refractivity contribution in [2.45, 2.75) is 37.5 Å². The number of amides is 2. The lowest BCUT2D eigenvalue weighted by Crippen LogP contribution is -2.55. The first-order valence-corrected chi connectivity index (χ1v) is 13.6. The van der Waals surface area contributed by atoms with E-state index >= 15 is 0 Å². The molecule has 43 heavy (non-hydrogen) atoms. The Bertz CT molecular complexity index is 1620. The standard InChI is InChI=1S/C31H29F4N5O3/c1-2-39-29-25(26(23(36)15-16-41)38-40(29)22-9-4-3-5-10-22)24(18-11-13-21(32)14-12-18)27(30(39)43)37-28(42)19-7-6-8-20(17-19)31(33,34)35/h3-14,17,23-24,27,41H,2,15-16,36H2,1H3,(H,37,42)/t23-,24?,27?/m1/s1. The molecular weight excluding hydrogens is 566 g/mol. The molecule has 3 atom stereocenters. The van der Waals surface area contributed by atoms with E-state index in [1.807, 2.05) is 6.07 Å². The van der Waals surface area contributed by atoms with Crippen LogP contribution < -0.4 is 16.0 Å². The van der Waals surface area contributed by atoms with Crippen molar-refractivity contribution in [2.24, 2.45) is 5.73 Å². The summed E-state index contributed by atoms with van der Waals surface area (Å²) in [4.78, 5) is 29.1. The van der Waals surface area contributed by atoms with E-state index in [0.29, 0.717) is 34.4 Å². The number of likely N-dealkylation sites (N-methyl/N-ethyl adjacent to an activating group) is 1. The number of carbonyl (C=O) groups is 2. The van der Waals surface area contributed by atoms with Crippen molar-refractivity contribution < 1.29 is 32.3 Å². The summed E-state index contributed by atoms with van der Waals surface area (Å²) in [7, 11) is 0. The van der Waals surface area contributed by atoms with Crippen LogP contribution in [0.5, 0.6) is 0 Å². The van der Waals surface area contributed by atoms with E-state index in [2.05, 4.69) is 5.32 Å². The molecule has 1 aliphatic rings. The first-order valence-electron chi connectivity index (χ1n) is 13.6. The highest BCUT2D eigenvalue weighted by Crippen LogP contribution is 2.45. The summed E-state index contributed by atoms with van der Waals surface area (Å²) in [5.41, 5.74) is 7.12. The Morgan fingerprint density at radius 2 is 1.77 bits per heavy atom. The summed E-state index contributed by atoms with van der Waals surface area (Å²) in [5.74, 6) is -2.52. The summed E-state index contributed by atoms with van der Waals surface area (Å²) in [6.45, 7) is 1.65. The lowest BCUT2D eigenvalue weighted by Gasteiger charge is -2.39. The number of nitrogens with one attached hydrogen (secondary N) is 1. The normalized spacial score (nSPS) is 17.5. The van der Waals surface area contributed by atoms with Gasteiger partial charge in [-0.3, -0.25) is 14.5 Å². The molecule has 0 spiro atoms. The number of nitrogens with zero attached hydrogens (tertiary/aromatic N) is 3. The topological polar surface area (TPSA) is 113 Å². The molecule has 2 amide bonds. The van der Waals surface area contributed by atoms with Gasteiger partial charge in [-0.1, -0.05) is 36.4 Å². The van der Waals surface area contributed by atoms with Crippen LogP contribution in [0, 0.1) is 5.82 Å². The second kappa shape index (κ2) is 12.0. The maximum Gasteiger partial charge on any atom is 0.416 e. The average Bonchev–Trinajstić information content (AvgIpc) is 3.38. The van der Waals surface area contributed by atoms with Gasteiger partial charge in [0, 0.05) is 30.2 Å². The van der Waals surface area contributed by atoms with Crippen molar-refractivity contribution in [3.05, 3.63) is 113 Å². The van der Waals surface area contributed by atoms with Gasteiger partial charge in [0.1, 0.15) is 17.7 Å². The van der Waals surface area contributed by atoms with E-state index in [1.165, 1.54) is 35.2 Å². The molecule has 0 radical (unpaired) electrons. The van der Waals surface area contributed by atoms with Crippen LogP contribution in [-0.4, -0.2) is 45.9 Å². The number of hydrogen-bond donors (Lipinski definition) is 3. The van der Waals surface area contributed by atoms with E-state index in [4.69, 9.17) is 10.8 Å². The molecule has 0 fully saturated rings. The van der Waals surface area contributed by atoms with Crippen LogP contribution in [0.3, 0.4) is 0 Å². The number of anilines is 1. The number of hydrogen-bond acceptors (Lipinski definition) is 5. The zero-order valence-corrected chi connectivity index (χ0v) is 23.1. The van der Waals surface area contributed by atoms with Gasteiger partial charge in [0.15, 0.2) is 0 Å². The molecule has 8 nitrogen and oxygen atoms in total. The second-order valence-electron chi connectivity index (χ2n) is 10.1. The number of alkyl halides is 3. The number of aromatic nitrogens is 2. The van der Waals surface area contributed by atoms with Gasteiger partial charge >= 0.3 is 6.18 Å². The summed E-state index contributed by atoms with van der Waals surface area (Å²) >= 11 is 0. The number of benzene rings is 3. The molecule has 0 bridgehead atoms. The molecule has 0 aliphatic carbocycles. The number of fused-ring (bicyclic) bond motifs is 1. The summed E-state index contributed by atoms with van der Waals surface area (Å²) in [6, 6.07) is 16.2. The molecular formula is C31H29F4N5O3.